The van der Waals surface area contributed by atoms with Gasteiger partial charge in [-0.15, -0.1) is 0 Å². The van der Waals surface area contributed by atoms with E-state index in [4.69, 9.17) is 10.8 Å². The average molecular weight is 163 g/mol. The summed E-state index contributed by atoms with van der Waals surface area (Å²) in [5.41, 5.74) is 6.09. The summed E-state index contributed by atoms with van der Waals surface area (Å²) >= 11 is 0. The van der Waals surface area contributed by atoms with Gasteiger partial charge in [0.1, 0.15) is 6.04 Å². The Kier molecular flexibility index (Phi) is 2.67. The van der Waals surface area contributed by atoms with Crippen molar-refractivity contribution >= 4 is 5.97 Å². The Morgan fingerprint density at radius 1 is 1.75 bits per heavy atom. The SMILES string of the molecule is NC(Cc1c#cccc1)C(=O)O. The molecule has 1 aromatic carbocycles. The molecule has 0 saturated carbocycles. The average Bonchev–Trinajstić information content (AvgIpc) is 2.06. The Hall–Kier alpha value is -1.53. The maximum Gasteiger partial charge on any atom is 0.320 e. The van der Waals surface area contributed by atoms with Crippen LogP contribution < -0.4 is 5.73 Å². The highest BCUT2D eigenvalue weighted by molar-refractivity contribution is 5.73. The Morgan fingerprint density at radius 2 is 2.50 bits per heavy atom. The van der Waals surface area contributed by atoms with Crippen molar-refractivity contribution in [2.24, 2.45) is 5.73 Å². The summed E-state index contributed by atoms with van der Waals surface area (Å²) in [7, 11) is 0. The summed E-state index contributed by atoms with van der Waals surface area (Å²) in [4.78, 5) is 10.4. The van der Waals surface area contributed by atoms with Crippen LogP contribution in [0.3, 0.4) is 0 Å². The Balaban J connectivity index is 2.58. The predicted octanol–water partition coefficient (Wildman–Crippen LogP) is 0.241. The summed E-state index contributed by atoms with van der Waals surface area (Å²) in [6.07, 6.45) is 0.298. The highest BCUT2D eigenvalue weighted by Gasteiger charge is 2.11. The molecule has 1 atom stereocenters. The lowest BCUT2D eigenvalue weighted by atomic mass is 10.1. The molecular weight excluding hydrogens is 154 g/mol. The van der Waals surface area contributed by atoms with Crippen LogP contribution in [0, 0.1) is 12.1 Å². The smallest absolute Gasteiger partial charge is 0.320 e. The molecule has 3 N–H and O–H groups in total. The molecule has 0 fully saturated rings. The molecule has 1 unspecified atom stereocenters. The zero-order valence-electron chi connectivity index (χ0n) is 6.45. The number of carbonyl (C=O) groups is 1. The van der Waals surface area contributed by atoms with Crippen LogP contribution in [-0.4, -0.2) is 17.1 Å². The summed E-state index contributed by atoms with van der Waals surface area (Å²) in [6.45, 7) is 0. The molecule has 1 aromatic rings. The zero-order valence-corrected chi connectivity index (χ0v) is 6.45. The van der Waals surface area contributed by atoms with Crippen LogP contribution in [0.4, 0.5) is 0 Å². The number of aliphatic carboxylic acids is 1. The van der Waals surface area contributed by atoms with E-state index in [-0.39, 0.29) is 0 Å². The molecule has 0 aromatic heterocycles. The molecule has 0 aliphatic rings. The van der Waals surface area contributed by atoms with Crippen molar-refractivity contribution in [2.45, 2.75) is 12.5 Å². The largest absolute Gasteiger partial charge is 0.480 e. The molecule has 12 heavy (non-hydrogen) atoms. The summed E-state index contributed by atoms with van der Waals surface area (Å²) < 4.78 is 0. The first-order chi connectivity index (χ1) is 5.70. The van der Waals surface area contributed by atoms with Crippen molar-refractivity contribution in [3.05, 3.63) is 35.9 Å². The van der Waals surface area contributed by atoms with E-state index in [9.17, 15) is 4.79 Å². The van der Waals surface area contributed by atoms with Crippen molar-refractivity contribution in [3.8, 4) is 0 Å². The van der Waals surface area contributed by atoms with Crippen LogP contribution >= 0.6 is 0 Å². The highest BCUT2D eigenvalue weighted by atomic mass is 16.4. The van der Waals surface area contributed by atoms with Crippen molar-refractivity contribution in [3.63, 3.8) is 0 Å². The topological polar surface area (TPSA) is 63.3 Å². The fraction of sp³-hybridized carbons (Fsp3) is 0.222. The van der Waals surface area contributed by atoms with E-state index in [0.29, 0.717) is 6.42 Å². The highest BCUT2D eigenvalue weighted by Crippen LogP contribution is 1.97. The van der Waals surface area contributed by atoms with E-state index in [1.165, 1.54) is 0 Å². The Morgan fingerprint density at radius 3 is 3.00 bits per heavy atom. The van der Waals surface area contributed by atoms with Gasteiger partial charge in [0, 0.05) is 12.0 Å². The molecule has 0 amide bonds. The third kappa shape index (κ3) is 2.26. The second-order valence-electron chi connectivity index (χ2n) is 2.47. The molecule has 1 rings (SSSR count). The van der Waals surface area contributed by atoms with Gasteiger partial charge in [0.15, 0.2) is 0 Å². The Bertz CT molecular complexity index is 258. The number of hydrogen-bond donors (Lipinski definition) is 2. The van der Waals surface area contributed by atoms with Gasteiger partial charge in [-0.2, -0.15) is 0 Å². The van der Waals surface area contributed by atoms with Gasteiger partial charge in [0.05, 0.1) is 0 Å². The van der Waals surface area contributed by atoms with Gasteiger partial charge in [0.25, 0.3) is 0 Å². The summed E-state index contributed by atoms with van der Waals surface area (Å²) in [5.74, 6) is -0.993. The van der Waals surface area contributed by atoms with E-state index in [2.05, 4.69) is 12.1 Å². The van der Waals surface area contributed by atoms with Gasteiger partial charge in [0.2, 0.25) is 0 Å². The number of carboxylic acid groups (broad SMARTS) is 1. The van der Waals surface area contributed by atoms with Gasteiger partial charge in [-0.25, -0.2) is 0 Å². The number of rotatable bonds is 3. The quantitative estimate of drug-likeness (QED) is 0.671. The Labute approximate surface area is 70.8 Å². The third-order valence-electron chi connectivity index (χ3n) is 1.47. The van der Waals surface area contributed by atoms with Crippen LogP contribution in [0.15, 0.2) is 18.2 Å². The molecule has 0 aliphatic carbocycles. The van der Waals surface area contributed by atoms with Crippen LogP contribution in [0.1, 0.15) is 5.56 Å². The van der Waals surface area contributed by atoms with Gasteiger partial charge in [-0.1, -0.05) is 18.2 Å². The van der Waals surface area contributed by atoms with Crippen LogP contribution in [0.2, 0.25) is 0 Å². The minimum absolute atomic E-state index is 0.298. The second kappa shape index (κ2) is 3.74. The predicted molar refractivity (Wildman–Crippen MR) is 43.4 cm³/mol. The van der Waals surface area contributed by atoms with Crippen molar-refractivity contribution in [1.82, 2.24) is 0 Å². The van der Waals surface area contributed by atoms with Crippen LogP contribution in [-0.2, 0) is 11.2 Å². The minimum Gasteiger partial charge on any atom is -0.480 e. The molecule has 0 aliphatic heterocycles. The van der Waals surface area contributed by atoms with E-state index in [1.807, 2.05) is 0 Å². The first-order valence-corrected chi connectivity index (χ1v) is 3.56. The maximum atomic E-state index is 10.4. The molecule has 0 heterocycles. The molecule has 0 bridgehead atoms. The lowest BCUT2D eigenvalue weighted by molar-refractivity contribution is -0.138. The molecule has 3 nitrogen and oxygen atoms in total. The lowest BCUT2D eigenvalue weighted by Crippen LogP contribution is -2.32. The first-order valence-electron chi connectivity index (χ1n) is 3.56. The standard InChI is InChI=1S/C9H9NO2/c10-8(9(11)12)6-7-4-2-1-3-5-7/h1-2,4,8H,6,10H2,(H,11,12). The maximum absolute atomic E-state index is 10.4. The van der Waals surface area contributed by atoms with E-state index in [0.717, 1.165) is 5.56 Å². The van der Waals surface area contributed by atoms with Gasteiger partial charge >= 0.3 is 5.97 Å². The summed E-state index contributed by atoms with van der Waals surface area (Å²) in [6, 6.07) is 9.93. The number of nitrogens with two attached hydrogens (primary N) is 1. The van der Waals surface area contributed by atoms with Crippen LogP contribution in [0.25, 0.3) is 0 Å². The fourth-order valence-corrected chi connectivity index (χ4v) is 0.832. The van der Waals surface area contributed by atoms with Crippen molar-refractivity contribution < 1.29 is 9.90 Å². The zero-order chi connectivity index (χ0) is 8.97. The van der Waals surface area contributed by atoms with E-state index < -0.39 is 12.0 Å². The molecule has 0 spiro atoms. The van der Waals surface area contributed by atoms with Gasteiger partial charge in [-0.05, 0) is 12.1 Å². The molecule has 3 heteroatoms. The molecule has 0 saturated heterocycles. The number of carboxylic acids is 1. The van der Waals surface area contributed by atoms with Gasteiger partial charge in [-0.3, -0.25) is 4.79 Å². The number of hydrogen-bond acceptors (Lipinski definition) is 2. The normalized spacial score (nSPS) is 11.8. The van der Waals surface area contributed by atoms with Gasteiger partial charge < -0.3 is 10.8 Å². The van der Waals surface area contributed by atoms with Crippen molar-refractivity contribution in [1.29, 1.82) is 0 Å². The van der Waals surface area contributed by atoms with E-state index in [1.54, 1.807) is 18.2 Å². The minimum atomic E-state index is -0.993. The lowest BCUT2D eigenvalue weighted by Gasteiger charge is -2.02. The van der Waals surface area contributed by atoms with Crippen LogP contribution in [0.5, 0.6) is 0 Å². The second-order valence-corrected chi connectivity index (χ2v) is 2.47. The van der Waals surface area contributed by atoms with Crippen molar-refractivity contribution in [2.75, 3.05) is 0 Å². The monoisotopic (exact) mass is 163 g/mol. The molecule has 0 radical (unpaired) electrons. The van der Waals surface area contributed by atoms with E-state index >= 15 is 0 Å². The summed E-state index contributed by atoms with van der Waals surface area (Å²) in [5, 5.41) is 8.49. The molecular formula is C9H9NO2. The first kappa shape index (κ1) is 8.57. The fourth-order valence-electron chi connectivity index (χ4n) is 0.832. The molecule has 62 valence electrons. The third-order valence-corrected chi connectivity index (χ3v) is 1.47.